The molecule has 0 amide bonds. The van der Waals surface area contributed by atoms with Crippen molar-refractivity contribution in [1.29, 1.82) is 0 Å². The molecule has 0 bridgehead atoms. The number of aliphatic hydroxyl groups excluding tert-OH is 2. The second-order valence-electron chi connectivity index (χ2n) is 4.25. The van der Waals surface area contributed by atoms with E-state index >= 15 is 0 Å². The fraction of sp³-hybridized carbons (Fsp3) is 0.462. The van der Waals surface area contributed by atoms with Gasteiger partial charge in [0, 0.05) is 4.47 Å². The van der Waals surface area contributed by atoms with Crippen LogP contribution < -0.4 is 0 Å². The molecule has 0 heterocycles. The van der Waals surface area contributed by atoms with Crippen LogP contribution in [-0.2, 0) is 15.7 Å². The normalized spacial score (nSPS) is 14.6. The zero-order valence-electron chi connectivity index (χ0n) is 11.0. The number of carbonyl (C=O) groups is 1. The molecule has 0 aromatic heterocycles. The maximum Gasteiger partial charge on any atom is 0.416 e. The summed E-state index contributed by atoms with van der Waals surface area (Å²) in [5, 5.41) is 19.6. The molecule has 118 valence electrons. The number of aliphatic hydroxyl groups is 2. The Labute approximate surface area is 127 Å². The molecule has 0 saturated carbocycles. The molecule has 0 aliphatic heterocycles. The lowest BCUT2D eigenvalue weighted by Crippen LogP contribution is -2.25. The van der Waals surface area contributed by atoms with E-state index in [1.54, 1.807) is 6.92 Å². The Balaban J connectivity index is 3.01. The molecule has 1 aromatic rings. The Morgan fingerprint density at radius 2 is 2.00 bits per heavy atom. The van der Waals surface area contributed by atoms with Crippen LogP contribution in [0.3, 0.4) is 0 Å². The summed E-state index contributed by atoms with van der Waals surface area (Å²) in [6.45, 7) is 1.63. The average molecular weight is 371 g/mol. The molecule has 0 saturated heterocycles. The molecule has 2 atom stereocenters. The Morgan fingerprint density at radius 1 is 1.38 bits per heavy atom. The number of esters is 1. The predicted molar refractivity (Wildman–Crippen MR) is 71.4 cm³/mol. The van der Waals surface area contributed by atoms with Crippen molar-refractivity contribution in [2.24, 2.45) is 0 Å². The van der Waals surface area contributed by atoms with Gasteiger partial charge < -0.3 is 14.9 Å². The van der Waals surface area contributed by atoms with Crippen molar-refractivity contribution >= 4 is 21.9 Å². The SMILES string of the molecule is CCOC(=O)CC(O)C(O)c1ccc(Br)cc1C(F)(F)F. The molecule has 2 unspecified atom stereocenters. The highest BCUT2D eigenvalue weighted by atomic mass is 79.9. The minimum Gasteiger partial charge on any atom is -0.466 e. The van der Waals surface area contributed by atoms with Gasteiger partial charge in [-0.05, 0) is 24.6 Å². The summed E-state index contributed by atoms with van der Waals surface area (Å²) >= 11 is 2.92. The second-order valence-corrected chi connectivity index (χ2v) is 5.17. The monoisotopic (exact) mass is 370 g/mol. The molecule has 8 heteroatoms. The van der Waals surface area contributed by atoms with E-state index in [0.717, 1.165) is 12.1 Å². The first kappa shape index (κ1) is 17.9. The molecule has 0 aliphatic rings. The van der Waals surface area contributed by atoms with Gasteiger partial charge in [-0.3, -0.25) is 4.79 Å². The van der Waals surface area contributed by atoms with Gasteiger partial charge in [0.15, 0.2) is 0 Å². The summed E-state index contributed by atoms with van der Waals surface area (Å²) in [6, 6.07) is 3.16. The van der Waals surface area contributed by atoms with Crippen molar-refractivity contribution in [3.8, 4) is 0 Å². The van der Waals surface area contributed by atoms with Crippen molar-refractivity contribution in [2.75, 3.05) is 6.61 Å². The van der Waals surface area contributed by atoms with E-state index < -0.39 is 41.9 Å². The van der Waals surface area contributed by atoms with Gasteiger partial charge in [0.05, 0.1) is 24.7 Å². The molecule has 0 spiro atoms. The third-order valence-corrected chi connectivity index (χ3v) is 3.18. The Bertz CT molecular complexity index is 505. The van der Waals surface area contributed by atoms with Crippen LogP contribution in [0.15, 0.2) is 22.7 Å². The predicted octanol–water partition coefficient (Wildman–Crippen LogP) is 2.82. The summed E-state index contributed by atoms with van der Waals surface area (Å²) < 4.78 is 43.6. The van der Waals surface area contributed by atoms with Crippen LogP contribution in [0.2, 0.25) is 0 Å². The van der Waals surface area contributed by atoms with Crippen LogP contribution in [0.5, 0.6) is 0 Å². The minimum absolute atomic E-state index is 0.0771. The Hall–Kier alpha value is -1.12. The largest absolute Gasteiger partial charge is 0.466 e. The topological polar surface area (TPSA) is 66.8 Å². The third kappa shape index (κ3) is 4.98. The van der Waals surface area contributed by atoms with Gasteiger partial charge in [-0.1, -0.05) is 22.0 Å². The smallest absolute Gasteiger partial charge is 0.416 e. The lowest BCUT2D eigenvalue weighted by atomic mass is 9.97. The van der Waals surface area contributed by atoms with Gasteiger partial charge in [0.2, 0.25) is 0 Å². The third-order valence-electron chi connectivity index (χ3n) is 2.68. The van der Waals surface area contributed by atoms with Gasteiger partial charge >= 0.3 is 12.1 Å². The Kier molecular flexibility index (Phi) is 6.18. The van der Waals surface area contributed by atoms with Gasteiger partial charge in [-0.15, -0.1) is 0 Å². The van der Waals surface area contributed by atoms with Crippen molar-refractivity contribution in [3.63, 3.8) is 0 Å². The second kappa shape index (κ2) is 7.24. The molecule has 0 aliphatic carbocycles. The molecular formula is C13H14BrF3O4. The fourth-order valence-corrected chi connectivity index (χ4v) is 2.10. The van der Waals surface area contributed by atoms with Gasteiger partial charge in [0.25, 0.3) is 0 Å². The van der Waals surface area contributed by atoms with Crippen LogP contribution in [-0.4, -0.2) is 28.9 Å². The van der Waals surface area contributed by atoms with Gasteiger partial charge in [-0.25, -0.2) is 0 Å². The number of hydrogen-bond donors (Lipinski definition) is 2. The van der Waals surface area contributed by atoms with Gasteiger partial charge in [-0.2, -0.15) is 13.2 Å². The van der Waals surface area contributed by atoms with E-state index in [9.17, 15) is 28.2 Å². The molecule has 2 N–H and O–H groups in total. The van der Waals surface area contributed by atoms with E-state index in [-0.39, 0.29) is 11.1 Å². The maximum absolute atomic E-state index is 12.9. The summed E-state index contributed by atoms with van der Waals surface area (Å²) in [4.78, 5) is 11.2. The average Bonchev–Trinajstić information content (AvgIpc) is 2.37. The number of halogens is 4. The first-order chi connectivity index (χ1) is 9.66. The van der Waals surface area contributed by atoms with Crippen LogP contribution in [0.25, 0.3) is 0 Å². The van der Waals surface area contributed by atoms with Crippen LogP contribution in [0, 0.1) is 0 Å². The van der Waals surface area contributed by atoms with Crippen LogP contribution in [0.1, 0.15) is 30.6 Å². The first-order valence-electron chi connectivity index (χ1n) is 6.05. The van der Waals surface area contributed by atoms with Gasteiger partial charge in [0.1, 0.15) is 6.10 Å². The summed E-state index contributed by atoms with van der Waals surface area (Å²) in [7, 11) is 0. The zero-order valence-corrected chi connectivity index (χ0v) is 12.6. The number of rotatable bonds is 5. The highest BCUT2D eigenvalue weighted by molar-refractivity contribution is 9.10. The highest BCUT2D eigenvalue weighted by Gasteiger charge is 2.37. The van der Waals surface area contributed by atoms with E-state index in [2.05, 4.69) is 20.7 Å². The van der Waals surface area contributed by atoms with E-state index in [0.29, 0.717) is 0 Å². The minimum atomic E-state index is -4.69. The summed E-state index contributed by atoms with van der Waals surface area (Å²) in [6.07, 6.45) is -8.82. The molecule has 0 fully saturated rings. The first-order valence-corrected chi connectivity index (χ1v) is 6.84. The fourth-order valence-electron chi connectivity index (χ4n) is 1.74. The van der Waals surface area contributed by atoms with Crippen molar-refractivity contribution in [3.05, 3.63) is 33.8 Å². The number of alkyl halides is 3. The van der Waals surface area contributed by atoms with Crippen LogP contribution in [0.4, 0.5) is 13.2 Å². The summed E-state index contributed by atoms with van der Waals surface area (Å²) in [5.74, 6) is -0.797. The maximum atomic E-state index is 12.9. The van der Waals surface area contributed by atoms with E-state index in [1.165, 1.54) is 6.07 Å². The summed E-state index contributed by atoms with van der Waals surface area (Å²) in [5.41, 5.74) is -1.57. The Morgan fingerprint density at radius 3 is 2.52 bits per heavy atom. The van der Waals surface area contributed by atoms with Crippen LogP contribution >= 0.6 is 15.9 Å². The number of ether oxygens (including phenoxy) is 1. The lowest BCUT2D eigenvalue weighted by molar-refractivity contribution is -0.147. The van der Waals surface area contributed by atoms with Crippen molar-refractivity contribution in [2.45, 2.75) is 31.7 Å². The number of hydrogen-bond acceptors (Lipinski definition) is 4. The zero-order chi connectivity index (χ0) is 16.2. The lowest BCUT2D eigenvalue weighted by Gasteiger charge is -2.21. The molecule has 0 radical (unpaired) electrons. The number of carbonyl (C=O) groups excluding carboxylic acids is 1. The number of benzene rings is 1. The molecule has 21 heavy (non-hydrogen) atoms. The molecular weight excluding hydrogens is 357 g/mol. The quantitative estimate of drug-likeness (QED) is 0.782. The molecule has 4 nitrogen and oxygen atoms in total. The van der Waals surface area contributed by atoms with Crippen molar-refractivity contribution in [1.82, 2.24) is 0 Å². The van der Waals surface area contributed by atoms with Crippen molar-refractivity contribution < 1.29 is 32.9 Å². The molecule has 1 rings (SSSR count). The van der Waals surface area contributed by atoms with E-state index in [1.807, 2.05) is 0 Å². The standard InChI is InChI=1S/C13H14BrF3O4/c1-2-21-11(19)6-10(18)12(20)8-4-3-7(14)5-9(8)13(15,16)17/h3-5,10,12,18,20H,2,6H2,1H3. The molecule has 1 aromatic carbocycles. The van der Waals surface area contributed by atoms with E-state index in [4.69, 9.17) is 0 Å². The highest BCUT2D eigenvalue weighted by Crippen LogP contribution is 2.37.